The summed E-state index contributed by atoms with van der Waals surface area (Å²) in [4.78, 5) is 24.0. The molecule has 0 saturated heterocycles. The number of hydrogen-bond donors (Lipinski definition) is 3. The van der Waals surface area contributed by atoms with E-state index in [1.54, 1.807) is 28.9 Å². The summed E-state index contributed by atoms with van der Waals surface area (Å²) >= 11 is 0. The maximum atomic E-state index is 12.4. The number of H-pyrrole nitrogens is 1. The number of anilines is 2. The molecule has 0 aliphatic carbocycles. The SMILES string of the molecule is C=CC(=O)Nc1ccc(-n2nc3c(=O)[nH]nc(N)c3c2-c2ccc(OCC(C)C)cc2)cc1. The fourth-order valence-electron chi connectivity index (χ4n) is 3.34. The lowest BCUT2D eigenvalue weighted by Crippen LogP contribution is -2.10. The van der Waals surface area contributed by atoms with Gasteiger partial charge in [0.25, 0.3) is 5.56 Å². The Bertz CT molecular complexity index is 1370. The molecular formula is C24H24N6O3. The van der Waals surface area contributed by atoms with Crippen LogP contribution in [0.15, 0.2) is 66.0 Å². The smallest absolute Gasteiger partial charge is 0.292 e. The van der Waals surface area contributed by atoms with Gasteiger partial charge in [0.15, 0.2) is 11.3 Å². The second-order valence-corrected chi connectivity index (χ2v) is 7.89. The zero-order valence-corrected chi connectivity index (χ0v) is 18.3. The normalized spacial score (nSPS) is 11.0. The molecule has 33 heavy (non-hydrogen) atoms. The molecule has 2 aromatic heterocycles. The Morgan fingerprint density at radius 2 is 1.91 bits per heavy atom. The summed E-state index contributed by atoms with van der Waals surface area (Å²) in [5.41, 5.74) is 8.58. The summed E-state index contributed by atoms with van der Waals surface area (Å²) in [6, 6.07) is 14.6. The Hall–Kier alpha value is -4.40. The average molecular weight is 444 g/mol. The van der Waals surface area contributed by atoms with Crippen LogP contribution in [0.25, 0.3) is 27.8 Å². The highest BCUT2D eigenvalue weighted by Crippen LogP contribution is 2.33. The Morgan fingerprint density at radius 3 is 2.55 bits per heavy atom. The van der Waals surface area contributed by atoms with Crippen molar-refractivity contribution in [3.63, 3.8) is 0 Å². The molecular weight excluding hydrogens is 420 g/mol. The monoisotopic (exact) mass is 444 g/mol. The van der Waals surface area contributed by atoms with E-state index in [0.717, 1.165) is 11.3 Å². The third kappa shape index (κ3) is 4.47. The minimum Gasteiger partial charge on any atom is -0.493 e. The van der Waals surface area contributed by atoms with Crippen molar-refractivity contribution in [2.24, 2.45) is 5.92 Å². The first kappa shape index (κ1) is 21.8. The number of aromatic nitrogens is 4. The van der Waals surface area contributed by atoms with Crippen molar-refractivity contribution in [2.45, 2.75) is 13.8 Å². The van der Waals surface area contributed by atoms with E-state index in [-0.39, 0.29) is 17.2 Å². The van der Waals surface area contributed by atoms with Gasteiger partial charge in [-0.3, -0.25) is 9.59 Å². The van der Waals surface area contributed by atoms with Gasteiger partial charge in [0.2, 0.25) is 5.91 Å². The van der Waals surface area contributed by atoms with Gasteiger partial charge in [-0.15, -0.1) is 0 Å². The van der Waals surface area contributed by atoms with Gasteiger partial charge in [-0.25, -0.2) is 9.78 Å². The van der Waals surface area contributed by atoms with Gasteiger partial charge >= 0.3 is 0 Å². The maximum absolute atomic E-state index is 12.4. The predicted molar refractivity (Wildman–Crippen MR) is 128 cm³/mol. The number of nitrogens with one attached hydrogen (secondary N) is 2. The Labute approximate surface area is 189 Å². The minimum atomic E-state index is -0.439. The van der Waals surface area contributed by atoms with Crippen molar-refractivity contribution >= 4 is 28.3 Å². The number of nitrogen functional groups attached to an aromatic ring is 1. The predicted octanol–water partition coefficient (Wildman–Crippen LogP) is 3.52. The van der Waals surface area contributed by atoms with Crippen molar-refractivity contribution < 1.29 is 9.53 Å². The average Bonchev–Trinajstić information content (AvgIpc) is 3.23. The van der Waals surface area contributed by atoms with E-state index >= 15 is 0 Å². The fourth-order valence-corrected chi connectivity index (χ4v) is 3.34. The quantitative estimate of drug-likeness (QED) is 0.374. The Morgan fingerprint density at radius 1 is 1.21 bits per heavy atom. The third-order valence-electron chi connectivity index (χ3n) is 4.91. The highest BCUT2D eigenvalue weighted by Gasteiger charge is 2.20. The molecule has 4 N–H and O–H groups in total. The maximum Gasteiger partial charge on any atom is 0.292 e. The summed E-state index contributed by atoms with van der Waals surface area (Å²) in [5.74, 6) is 1.01. The van der Waals surface area contributed by atoms with Gasteiger partial charge in [-0.05, 0) is 60.5 Å². The van der Waals surface area contributed by atoms with Gasteiger partial charge in [0.05, 0.1) is 23.4 Å². The van der Waals surface area contributed by atoms with Crippen molar-refractivity contribution in [3.8, 4) is 22.7 Å². The standard InChI is InChI=1S/C24H24N6O3/c1-4-19(31)26-16-7-9-17(10-8-16)30-22(20-21(29-30)24(32)28-27-23(20)25)15-5-11-18(12-6-15)33-13-14(2)3/h4-12,14H,1,13H2,2-3H3,(H2,25,27)(H,26,31)(H,28,32). The lowest BCUT2D eigenvalue weighted by atomic mass is 10.1. The van der Waals surface area contributed by atoms with Gasteiger partial charge in [-0.1, -0.05) is 20.4 Å². The van der Waals surface area contributed by atoms with E-state index < -0.39 is 5.56 Å². The fraction of sp³-hybridized carbons (Fsp3) is 0.167. The molecule has 0 radical (unpaired) electrons. The van der Waals surface area contributed by atoms with Crippen LogP contribution in [-0.4, -0.2) is 32.5 Å². The van der Waals surface area contributed by atoms with Gasteiger partial charge in [-0.2, -0.15) is 10.2 Å². The number of hydrogen-bond acceptors (Lipinski definition) is 6. The number of carbonyl (C=O) groups excluding carboxylic acids is 1. The van der Waals surface area contributed by atoms with E-state index in [1.807, 2.05) is 24.3 Å². The summed E-state index contributed by atoms with van der Waals surface area (Å²) in [6.45, 7) is 8.23. The molecule has 168 valence electrons. The topological polar surface area (TPSA) is 128 Å². The van der Waals surface area contributed by atoms with Crippen molar-refractivity contribution in [3.05, 3.63) is 71.5 Å². The van der Waals surface area contributed by atoms with Crippen LogP contribution in [0.5, 0.6) is 5.75 Å². The summed E-state index contributed by atoms with van der Waals surface area (Å²) in [7, 11) is 0. The number of fused-ring (bicyclic) bond motifs is 1. The molecule has 0 spiro atoms. The summed E-state index contributed by atoms with van der Waals surface area (Å²) in [5, 5.41) is 14.0. The number of nitrogens with two attached hydrogens (primary N) is 1. The molecule has 2 heterocycles. The van der Waals surface area contributed by atoms with Crippen LogP contribution in [0.2, 0.25) is 0 Å². The number of amides is 1. The van der Waals surface area contributed by atoms with Crippen LogP contribution >= 0.6 is 0 Å². The molecule has 9 nitrogen and oxygen atoms in total. The zero-order chi connectivity index (χ0) is 23.5. The molecule has 0 fully saturated rings. The molecule has 4 aromatic rings. The molecule has 1 amide bonds. The molecule has 9 heteroatoms. The highest BCUT2D eigenvalue weighted by atomic mass is 16.5. The lowest BCUT2D eigenvalue weighted by Gasteiger charge is -2.12. The van der Waals surface area contributed by atoms with Crippen LogP contribution in [0.3, 0.4) is 0 Å². The highest BCUT2D eigenvalue weighted by molar-refractivity contribution is 6.00. The molecule has 0 unspecified atom stereocenters. The van der Waals surface area contributed by atoms with Crippen molar-refractivity contribution in [1.29, 1.82) is 0 Å². The number of rotatable bonds is 7. The molecule has 0 atom stereocenters. The first-order valence-electron chi connectivity index (χ1n) is 10.4. The van der Waals surface area contributed by atoms with E-state index in [2.05, 4.69) is 41.0 Å². The lowest BCUT2D eigenvalue weighted by molar-refractivity contribution is -0.111. The van der Waals surface area contributed by atoms with E-state index in [0.29, 0.717) is 35.0 Å². The second kappa shape index (κ2) is 8.99. The molecule has 2 aromatic carbocycles. The molecule has 0 aliphatic rings. The van der Waals surface area contributed by atoms with E-state index in [4.69, 9.17) is 10.5 Å². The second-order valence-electron chi connectivity index (χ2n) is 7.89. The zero-order valence-electron chi connectivity index (χ0n) is 18.3. The van der Waals surface area contributed by atoms with Crippen molar-refractivity contribution in [1.82, 2.24) is 20.0 Å². The molecule has 4 rings (SSSR count). The number of carbonyl (C=O) groups is 1. The van der Waals surface area contributed by atoms with Gasteiger partial charge < -0.3 is 15.8 Å². The van der Waals surface area contributed by atoms with Gasteiger partial charge in [0.1, 0.15) is 5.75 Å². The largest absolute Gasteiger partial charge is 0.493 e. The third-order valence-corrected chi connectivity index (χ3v) is 4.91. The van der Waals surface area contributed by atoms with Gasteiger partial charge in [0, 0.05) is 11.3 Å². The summed E-state index contributed by atoms with van der Waals surface area (Å²) < 4.78 is 7.42. The molecule has 0 saturated carbocycles. The van der Waals surface area contributed by atoms with Crippen molar-refractivity contribution in [2.75, 3.05) is 17.7 Å². The number of ether oxygens (including phenoxy) is 1. The van der Waals surface area contributed by atoms with Crippen LogP contribution in [0.4, 0.5) is 11.5 Å². The summed E-state index contributed by atoms with van der Waals surface area (Å²) in [6.07, 6.45) is 1.20. The van der Waals surface area contributed by atoms with Crippen LogP contribution < -0.4 is 21.3 Å². The van der Waals surface area contributed by atoms with Crippen LogP contribution in [0, 0.1) is 5.92 Å². The molecule has 0 bridgehead atoms. The number of nitrogens with zero attached hydrogens (tertiary/aromatic N) is 3. The van der Waals surface area contributed by atoms with Crippen LogP contribution in [-0.2, 0) is 4.79 Å². The van der Waals surface area contributed by atoms with Crippen LogP contribution in [0.1, 0.15) is 13.8 Å². The number of aromatic amines is 1. The molecule has 0 aliphatic heterocycles. The first-order chi connectivity index (χ1) is 15.9. The Balaban J connectivity index is 1.82. The van der Waals surface area contributed by atoms with E-state index in [9.17, 15) is 9.59 Å². The minimum absolute atomic E-state index is 0.167. The number of benzene rings is 2. The van der Waals surface area contributed by atoms with E-state index in [1.165, 1.54) is 6.08 Å². The first-order valence-corrected chi connectivity index (χ1v) is 10.4. The Kier molecular flexibility index (Phi) is 5.95.